The first-order valence-electron chi connectivity index (χ1n) is 5.36. The van der Waals surface area contributed by atoms with E-state index in [2.05, 4.69) is 26.5 Å². The van der Waals surface area contributed by atoms with Gasteiger partial charge in [-0.15, -0.1) is 11.3 Å². The predicted octanol–water partition coefficient (Wildman–Crippen LogP) is 0.260. The fourth-order valence-corrected chi connectivity index (χ4v) is 3.08. The third-order valence-corrected chi connectivity index (χ3v) is 4.45. The van der Waals surface area contributed by atoms with Gasteiger partial charge in [-0.05, 0) is 6.07 Å². The molecule has 0 aliphatic rings. The van der Waals surface area contributed by atoms with Crippen LogP contribution in [0.1, 0.15) is 10.4 Å². The SMILES string of the molecule is NCC#Cc1csc(CNS(=O)(=O)c2cnc[nH]2)c1. The van der Waals surface area contributed by atoms with Crippen molar-refractivity contribution in [2.75, 3.05) is 6.54 Å². The summed E-state index contributed by atoms with van der Waals surface area (Å²) >= 11 is 1.44. The highest BCUT2D eigenvalue weighted by Gasteiger charge is 2.15. The van der Waals surface area contributed by atoms with Crippen LogP contribution in [-0.4, -0.2) is 24.9 Å². The molecule has 0 unspecified atom stereocenters. The number of H-pyrrole nitrogens is 1. The number of imidazole rings is 1. The lowest BCUT2D eigenvalue weighted by atomic mass is 10.3. The van der Waals surface area contributed by atoms with E-state index < -0.39 is 10.0 Å². The van der Waals surface area contributed by atoms with Gasteiger partial charge in [-0.1, -0.05) is 11.8 Å². The molecule has 0 bridgehead atoms. The van der Waals surface area contributed by atoms with Crippen molar-refractivity contribution >= 4 is 21.4 Å². The van der Waals surface area contributed by atoms with E-state index >= 15 is 0 Å². The van der Waals surface area contributed by atoms with Gasteiger partial charge in [-0.3, -0.25) is 0 Å². The molecule has 100 valence electrons. The van der Waals surface area contributed by atoms with Gasteiger partial charge in [0.25, 0.3) is 10.0 Å². The van der Waals surface area contributed by atoms with Gasteiger partial charge in [0.05, 0.1) is 19.1 Å². The summed E-state index contributed by atoms with van der Waals surface area (Å²) in [5.74, 6) is 5.64. The van der Waals surface area contributed by atoms with Crippen LogP contribution >= 0.6 is 11.3 Å². The van der Waals surface area contributed by atoms with Crippen molar-refractivity contribution in [2.24, 2.45) is 5.73 Å². The van der Waals surface area contributed by atoms with Crippen LogP contribution < -0.4 is 10.5 Å². The Balaban J connectivity index is 2.01. The average Bonchev–Trinajstić information content (AvgIpc) is 3.05. The van der Waals surface area contributed by atoms with Crippen molar-refractivity contribution in [2.45, 2.75) is 11.6 Å². The summed E-state index contributed by atoms with van der Waals surface area (Å²) in [5, 5.41) is 1.91. The topological polar surface area (TPSA) is 101 Å². The van der Waals surface area contributed by atoms with Crippen molar-refractivity contribution < 1.29 is 8.42 Å². The first kappa shape index (κ1) is 13.8. The number of rotatable bonds is 4. The molecular formula is C11H12N4O2S2. The van der Waals surface area contributed by atoms with Crippen LogP contribution in [0, 0.1) is 11.8 Å². The van der Waals surface area contributed by atoms with Crippen LogP contribution in [0.4, 0.5) is 0 Å². The van der Waals surface area contributed by atoms with Crippen molar-refractivity contribution in [1.82, 2.24) is 14.7 Å². The molecule has 2 heterocycles. The molecule has 0 saturated heterocycles. The molecule has 2 aromatic heterocycles. The third-order valence-electron chi connectivity index (χ3n) is 2.19. The highest BCUT2D eigenvalue weighted by molar-refractivity contribution is 7.89. The van der Waals surface area contributed by atoms with Gasteiger partial charge in [0.15, 0.2) is 5.03 Å². The number of aromatic amines is 1. The van der Waals surface area contributed by atoms with Gasteiger partial charge in [-0.2, -0.15) is 0 Å². The maximum atomic E-state index is 11.8. The molecular weight excluding hydrogens is 284 g/mol. The van der Waals surface area contributed by atoms with E-state index in [1.165, 1.54) is 23.9 Å². The number of hydrogen-bond donors (Lipinski definition) is 3. The number of nitrogens with one attached hydrogen (secondary N) is 2. The molecule has 0 saturated carbocycles. The highest BCUT2D eigenvalue weighted by Crippen LogP contribution is 2.14. The van der Waals surface area contributed by atoms with Gasteiger partial charge >= 0.3 is 0 Å². The number of nitrogens with zero attached hydrogens (tertiary/aromatic N) is 1. The van der Waals surface area contributed by atoms with Crippen LogP contribution in [0.25, 0.3) is 0 Å². The Bertz CT molecular complexity index is 693. The van der Waals surface area contributed by atoms with E-state index in [0.717, 1.165) is 10.4 Å². The zero-order chi connectivity index (χ0) is 13.7. The van der Waals surface area contributed by atoms with Crippen LogP contribution in [0.3, 0.4) is 0 Å². The molecule has 0 atom stereocenters. The second-order valence-corrected chi connectivity index (χ2v) is 6.28. The minimum atomic E-state index is -3.54. The number of aromatic nitrogens is 2. The van der Waals surface area contributed by atoms with Crippen LogP contribution in [0.2, 0.25) is 0 Å². The van der Waals surface area contributed by atoms with Gasteiger partial charge < -0.3 is 10.7 Å². The van der Waals surface area contributed by atoms with Crippen molar-refractivity contribution in [1.29, 1.82) is 0 Å². The zero-order valence-electron chi connectivity index (χ0n) is 9.88. The molecule has 19 heavy (non-hydrogen) atoms. The zero-order valence-corrected chi connectivity index (χ0v) is 11.5. The van der Waals surface area contributed by atoms with E-state index in [1.54, 1.807) is 0 Å². The lowest BCUT2D eigenvalue weighted by molar-refractivity contribution is 0.578. The van der Waals surface area contributed by atoms with Crippen molar-refractivity contribution in [3.8, 4) is 11.8 Å². The Morgan fingerprint density at radius 2 is 2.37 bits per heavy atom. The molecule has 0 aromatic carbocycles. The van der Waals surface area contributed by atoms with Crippen LogP contribution in [0.5, 0.6) is 0 Å². The molecule has 8 heteroatoms. The molecule has 0 amide bonds. The van der Waals surface area contributed by atoms with Crippen molar-refractivity contribution in [3.63, 3.8) is 0 Å². The summed E-state index contributed by atoms with van der Waals surface area (Å²) in [6, 6.07) is 1.84. The molecule has 4 N–H and O–H groups in total. The molecule has 0 spiro atoms. The Morgan fingerprint density at radius 3 is 3.05 bits per heavy atom. The molecule has 2 aromatic rings. The quantitative estimate of drug-likeness (QED) is 0.704. The predicted molar refractivity (Wildman–Crippen MR) is 72.9 cm³/mol. The average molecular weight is 296 g/mol. The summed E-state index contributed by atoms with van der Waals surface area (Å²) in [6.45, 7) is 0.522. The molecule has 6 nitrogen and oxygen atoms in total. The summed E-state index contributed by atoms with van der Waals surface area (Å²) in [7, 11) is -3.54. The second kappa shape index (κ2) is 5.99. The first-order chi connectivity index (χ1) is 9.12. The standard InChI is InChI=1S/C11H12N4O2S2/c12-3-1-2-9-4-10(18-7-9)5-15-19(16,17)11-6-13-8-14-11/h4,6-8,15H,3,5,12H2,(H,13,14). The molecule has 0 aliphatic carbocycles. The number of thiophene rings is 1. The summed E-state index contributed by atoms with van der Waals surface area (Å²) < 4.78 is 26.1. The minimum absolute atomic E-state index is 0.0483. The van der Waals surface area contributed by atoms with E-state index in [-0.39, 0.29) is 11.6 Å². The Labute approximate surface area is 115 Å². The lowest BCUT2D eigenvalue weighted by Crippen LogP contribution is -2.23. The Morgan fingerprint density at radius 1 is 1.53 bits per heavy atom. The summed E-state index contributed by atoms with van der Waals surface area (Å²) in [5.41, 5.74) is 6.12. The highest BCUT2D eigenvalue weighted by atomic mass is 32.2. The summed E-state index contributed by atoms with van der Waals surface area (Å²) in [4.78, 5) is 7.11. The molecule has 0 fully saturated rings. The largest absolute Gasteiger partial charge is 0.335 e. The fraction of sp³-hybridized carbons (Fsp3) is 0.182. The lowest BCUT2D eigenvalue weighted by Gasteiger charge is -2.02. The van der Waals surface area contributed by atoms with E-state index in [9.17, 15) is 8.42 Å². The molecule has 0 aliphatic heterocycles. The van der Waals surface area contributed by atoms with Crippen LogP contribution in [0.15, 0.2) is 29.0 Å². The van der Waals surface area contributed by atoms with Gasteiger partial charge in [-0.25, -0.2) is 18.1 Å². The third kappa shape index (κ3) is 3.65. The van der Waals surface area contributed by atoms with Crippen LogP contribution in [-0.2, 0) is 16.6 Å². The maximum absolute atomic E-state index is 11.8. The normalized spacial score (nSPS) is 11.0. The number of sulfonamides is 1. The van der Waals surface area contributed by atoms with E-state index in [0.29, 0.717) is 6.54 Å². The second-order valence-electron chi connectivity index (χ2n) is 3.55. The first-order valence-corrected chi connectivity index (χ1v) is 7.72. The number of nitrogens with two attached hydrogens (primary N) is 1. The van der Waals surface area contributed by atoms with Crippen molar-refractivity contribution in [3.05, 3.63) is 34.4 Å². The van der Waals surface area contributed by atoms with Gasteiger partial charge in [0.1, 0.15) is 0 Å². The van der Waals surface area contributed by atoms with Gasteiger partial charge in [0.2, 0.25) is 0 Å². The van der Waals surface area contributed by atoms with E-state index in [4.69, 9.17) is 5.73 Å². The smallest absolute Gasteiger partial charge is 0.257 e. The fourth-order valence-electron chi connectivity index (χ4n) is 1.33. The molecule has 0 radical (unpaired) electrons. The van der Waals surface area contributed by atoms with Gasteiger partial charge in [0, 0.05) is 22.4 Å². The summed E-state index contributed by atoms with van der Waals surface area (Å²) in [6.07, 6.45) is 2.58. The monoisotopic (exact) mass is 296 g/mol. The Hall–Kier alpha value is -1.66. The maximum Gasteiger partial charge on any atom is 0.257 e. The minimum Gasteiger partial charge on any atom is -0.335 e. The molecule has 2 rings (SSSR count). The number of hydrogen-bond acceptors (Lipinski definition) is 5. The van der Waals surface area contributed by atoms with E-state index in [1.807, 2.05) is 11.4 Å². The Kier molecular flexibility index (Phi) is 4.34.